The van der Waals surface area contributed by atoms with Crippen molar-refractivity contribution in [2.45, 2.75) is 25.4 Å². The van der Waals surface area contributed by atoms with Gasteiger partial charge in [0.25, 0.3) is 5.91 Å². The van der Waals surface area contributed by atoms with E-state index in [4.69, 9.17) is 11.6 Å². The van der Waals surface area contributed by atoms with Gasteiger partial charge in [-0.25, -0.2) is 19.3 Å². The second kappa shape index (κ2) is 11.2. The SMILES string of the molecule is CC(CC(=O)c1ncnc(Nc2ccncc2)c1Cl)c1ncc(C(=O)Nc2ccc(F)c(C(F)(F)F)c2)s1. The van der Waals surface area contributed by atoms with Crippen molar-refractivity contribution in [2.24, 2.45) is 0 Å². The van der Waals surface area contributed by atoms with Crippen molar-refractivity contribution in [1.82, 2.24) is 19.9 Å². The van der Waals surface area contributed by atoms with Crippen LogP contribution in [0, 0.1) is 5.82 Å². The van der Waals surface area contributed by atoms with Crippen molar-refractivity contribution in [3.63, 3.8) is 0 Å². The summed E-state index contributed by atoms with van der Waals surface area (Å²) in [6, 6.07) is 5.56. The number of pyridine rings is 1. The van der Waals surface area contributed by atoms with E-state index in [1.54, 1.807) is 31.5 Å². The van der Waals surface area contributed by atoms with Gasteiger partial charge in [-0.05, 0) is 30.3 Å². The normalized spacial score (nSPS) is 12.2. The number of hydrogen-bond donors (Lipinski definition) is 2. The van der Waals surface area contributed by atoms with Crippen molar-refractivity contribution in [1.29, 1.82) is 0 Å². The predicted octanol–water partition coefficient (Wildman–Crippen LogP) is 6.51. The van der Waals surface area contributed by atoms with Crippen LogP contribution in [-0.4, -0.2) is 31.6 Å². The molecule has 3 heterocycles. The van der Waals surface area contributed by atoms with Gasteiger partial charge in [0.1, 0.15) is 27.7 Å². The number of aromatic nitrogens is 4. The number of carbonyl (C=O) groups excluding carboxylic acids is 2. The molecule has 3 aromatic heterocycles. The average molecular weight is 565 g/mol. The van der Waals surface area contributed by atoms with Gasteiger partial charge in [0.05, 0.1) is 16.8 Å². The summed E-state index contributed by atoms with van der Waals surface area (Å²) in [6.07, 6.45) is 0.664. The van der Waals surface area contributed by atoms with Crippen molar-refractivity contribution in [3.8, 4) is 0 Å². The molecule has 4 aromatic rings. The van der Waals surface area contributed by atoms with E-state index in [-0.39, 0.29) is 39.3 Å². The molecule has 4 rings (SSSR count). The summed E-state index contributed by atoms with van der Waals surface area (Å²) in [4.78, 5) is 41.8. The van der Waals surface area contributed by atoms with Crippen LogP contribution in [0.25, 0.3) is 0 Å². The molecule has 1 aromatic carbocycles. The van der Waals surface area contributed by atoms with Gasteiger partial charge in [0, 0.05) is 36.1 Å². The van der Waals surface area contributed by atoms with Crippen LogP contribution in [0.3, 0.4) is 0 Å². The van der Waals surface area contributed by atoms with E-state index in [0.29, 0.717) is 22.8 Å². The molecule has 0 aliphatic rings. The maximum atomic E-state index is 13.5. The monoisotopic (exact) mass is 564 g/mol. The first-order valence-corrected chi connectivity index (χ1v) is 12.1. The Labute approximate surface area is 222 Å². The predicted molar refractivity (Wildman–Crippen MR) is 133 cm³/mol. The van der Waals surface area contributed by atoms with Gasteiger partial charge in [-0.2, -0.15) is 13.2 Å². The Kier molecular flexibility index (Phi) is 7.97. The summed E-state index contributed by atoms with van der Waals surface area (Å²) in [5.41, 5.74) is -1.04. The Morgan fingerprint density at radius 3 is 2.53 bits per heavy atom. The Hall–Kier alpha value is -3.97. The Bertz CT molecular complexity index is 1480. The number of benzene rings is 1. The number of rotatable bonds is 8. The zero-order chi connectivity index (χ0) is 27.4. The van der Waals surface area contributed by atoms with E-state index in [9.17, 15) is 27.2 Å². The molecule has 14 heteroatoms. The summed E-state index contributed by atoms with van der Waals surface area (Å²) in [7, 11) is 0. The summed E-state index contributed by atoms with van der Waals surface area (Å²) in [6.45, 7) is 1.72. The van der Waals surface area contributed by atoms with E-state index in [2.05, 4.69) is 30.6 Å². The molecule has 1 unspecified atom stereocenters. The number of alkyl halides is 3. The number of halogens is 5. The largest absolute Gasteiger partial charge is 0.419 e. The van der Waals surface area contributed by atoms with Crippen LogP contribution in [0.4, 0.5) is 34.8 Å². The number of hydrogen-bond acceptors (Lipinski definition) is 8. The van der Waals surface area contributed by atoms with Crippen LogP contribution in [0.5, 0.6) is 0 Å². The lowest BCUT2D eigenvalue weighted by Crippen LogP contribution is -2.13. The highest BCUT2D eigenvalue weighted by Gasteiger charge is 2.34. The Morgan fingerprint density at radius 2 is 1.82 bits per heavy atom. The molecule has 196 valence electrons. The minimum absolute atomic E-state index is 0.0105. The average Bonchev–Trinajstić information content (AvgIpc) is 3.37. The zero-order valence-electron chi connectivity index (χ0n) is 19.4. The molecular weight excluding hydrogens is 548 g/mol. The van der Waals surface area contributed by atoms with Crippen LogP contribution >= 0.6 is 22.9 Å². The first kappa shape index (κ1) is 27.1. The molecule has 0 saturated carbocycles. The standard InChI is InChI=1S/C24H17ClF4N6O2S/c1-12(8-17(36)20-19(25)21(33-11-32-20)34-13-4-6-30-7-5-13)23-31-10-18(38-23)22(37)35-14-2-3-16(26)15(9-14)24(27,28)29/h2-7,9-12H,8H2,1H3,(H,35,37)(H,30,32,33,34). The van der Waals surface area contributed by atoms with Gasteiger partial charge < -0.3 is 10.6 Å². The van der Waals surface area contributed by atoms with Gasteiger partial charge in [-0.1, -0.05) is 18.5 Å². The van der Waals surface area contributed by atoms with E-state index in [1.165, 1.54) is 12.5 Å². The maximum absolute atomic E-state index is 13.5. The highest BCUT2D eigenvalue weighted by Crippen LogP contribution is 2.34. The van der Waals surface area contributed by atoms with E-state index < -0.39 is 29.4 Å². The van der Waals surface area contributed by atoms with Gasteiger partial charge >= 0.3 is 6.18 Å². The highest BCUT2D eigenvalue weighted by molar-refractivity contribution is 7.13. The molecule has 0 fully saturated rings. The molecular formula is C24H17ClF4N6O2S. The molecule has 1 amide bonds. The molecule has 0 saturated heterocycles. The first-order valence-electron chi connectivity index (χ1n) is 10.9. The van der Waals surface area contributed by atoms with Crippen LogP contribution in [0.2, 0.25) is 5.02 Å². The van der Waals surface area contributed by atoms with Gasteiger partial charge in [0.15, 0.2) is 11.6 Å². The fourth-order valence-electron chi connectivity index (χ4n) is 3.32. The number of amides is 1. The van der Waals surface area contributed by atoms with Gasteiger partial charge in [-0.15, -0.1) is 11.3 Å². The molecule has 38 heavy (non-hydrogen) atoms. The lowest BCUT2D eigenvalue weighted by atomic mass is 10.0. The second-order valence-corrected chi connectivity index (χ2v) is 9.42. The van der Waals surface area contributed by atoms with E-state index in [0.717, 1.165) is 17.4 Å². The molecule has 2 N–H and O–H groups in total. The summed E-state index contributed by atoms with van der Waals surface area (Å²) in [5.74, 6) is -2.74. The highest BCUT2D eigenvalue weighted by atomic mass is 35.5. The third-order valence-electron chi connectivity index (χ3n) is 5.19. The molecule has 0 aliphatic heterocycles. The summed E-state index contributed by atoms with van der Waals surface area (Å²) < 4.78 is 52.3. The van der Waals surface area contributed by atoms with Crippen molar-refractivity contribution < 1.29 is 27.2 Å². The molecule has 8 nitrogen and oxygen atoms in total. The number of nitrogens with one attached hydrogen (secondary N) is 2. The van der Waals surface area contributed by atoms with Crippen molar-refractivity contribution in [2.75, 3.05) is 10.6 Å². The van der Waals surface area contributed by atoms with Crippen LogP contribution in [0.15, 0.2) is 55.2 Å². The first-order chi connectivity index (χ1) is 18.0. The smallest absolute Gasteiger partial charge is 0.339 e. The number of anilines is 3. The number of Topliss-reactive ketones (excluding diaryl/α,β-unsaturated/α-hetero) is 1. The van der Waals surface area contributed by atoms with Gasteiger partial charge in [-0.3, -0.25) is 14.6 Å². The topological polar surface area (TPSA) is 110 Å². The quantitative estimate of drug-likeness (QED) is 0.185. The fraction of sp³-hybridized carbons (Fsp3) is 0.167. The molecule has 1 atom stereocenters. The third kappa shape index (κ3) is 6.29. The Balaban J connectivity index is 1.43. The van der Waals surface area contributed by atoms with E-state index >= 15 is 0 Å². The minimum atomic E-state index is -4.91. The maximum Gasteiger partial charge on any atom is 0.419 e. The number of thiazole rings is 1. The van der Waals surface area contributed by atoms with E-state index in [1.807, 2.05) is 0 Å². The zero-order valence-corrected chi connectivity index (χ0v) is 21.0. The van der Waals surface area contributed by atoms with Crippen molar-refractivity contribution in [3.05, 3.63) is 87.2 Å². The lowest BCUT2D eigenvalue weighted by Gasteiger charge is -2.11. The van der Waals surface area contributed by atoms with Crippen LogP contribution < -0.4 is 10.6 Å². The lowest BCUT2D eigenvalue weighted by molar-refractivity contribution is -0.139. The summed E-state index contributed by atoms with van der Waals surface area (Å²) >= 11 is 7.34. The number of nitrogens with zero attached hydrogens (tertiary/aromatic N) is 4. The fourth-order valence-corrected chi connectivity index (χ4v) is 4.43. The van der Waals surface area contributed by atoms with Crippen molar-refractivity contribution >= 4 is 51.8 Å². The molecule has 0 radical (unpaired) electrons. The second-order valence-electron chi connectivity index (χ2n) is 7.98. The third-order valence-corrected chi connectivity index (χ3v) is 6.77. The number of carbonyl (C=O) groups is 2. The van der Waals surface area contributed by atoms with Gasteiger partial charge in [0.2, 0.25) is 0 Å². The van der Waals surface area contributed by atoms with Crippen LogP contribution in [0.1, 0.15) is 50.0 Å². The van der Waals surface area contributed by atoms with Crippen LogP contribution in [-0.2, 0) is 6.18 Å². The summed E-state index contributed by atoms with van der Waals surface area (Å²) in [5, 5.41) is 5.78. The Morgan fingerprint density at radius 1 is 1.08 bits per heavy atom. The molecule has 0 spiro atoms. The molecule has 0 bridgehead atoms. The number of ketones is 1. The molecule has 0 aliphatic carbocycles. The minimum Gasteiger partial charge on any atom is -0.339 e.